The third-order valence-electron chi connectivity index (χ3n) is 6.70. The second-order valence-corrected chi connectivity index (χ2v) is 8.91. The van der Waals surface area contributed by atoms with Gasteiger partial charge in [0.15, 0.2) is 5.96 Å². The molecule has 1 aliphatic carbocycles. The summed E-state index contributed by atoms with van der Waals surface area (Å²) in [5.41, 5.74) is 2.86. The van der Waals surface area contributed by atoms with Gasteiger partial charge in [0.05, 0.1) is 6.10 Å². The van der Waals surface area contributed by atoms with Crippen LogP contribution in [0.3, 0.4) is 0 Å². The molecule has 0 bridgehead atoms. The Morgan fingerprint density at radius 1 is 1.19 bits per heavy atom. The Kier molecular flexibility index (Phi) is 5.42. The van der Waals surface area contributed by atoms with Crippen molar-refractivity contribution in [3.8, 4) is 0 Å². The fraction of sp³-hybridized carbons (Fsp3) is 0.682. The molecule has 148 valence electrons. The van der Waals surface area contributed by atoms with Crippen molar-refractivity contribution in [1.29, 1.82) is 0 Å². The van der Waals surface area contributed by atoms with E-state index in [1.165, 1.54) is 37.1 Å². The van der Waals surface area contributed by atoms with Crippen LogP contribution in [0.15, 0.2) is 29.3 Å². The summed E-state index contributed by atoms with van der Waals surface area (Å²) in [7, 11) is 1.85. The van der Waals surface area contributed by atoms with E-state index in [2.05, 4.69) is 58.6 Å². The van der Waals surface area contributed by atoms with Crippen LogP contribution in [0.4, 0.5) is 0 Å². The summed E-state index contributed by atoms with van der Waals surface area (Å²) in [6.45, 7) is 9.85. The molecule has 0 aromatic heterocycles. The molecule has 0 spiro atoms. The summed E-state index contributed by atoms with van der Waals surface area (Å²) in [5, 5.41) is 7.13. The van der Waals surface area contributed by atoms with Crippen LogP contribution < -0.4 is 10.6 Å². The summed E-state index contributed by atoms with van der Waals surface area (Å²) in [5.74, 6) is 1.50. The van der Waals surface area contributed by atoms with Gasteiger partial charge in [0.1, 0.15) is 0 Å². The number of aliphatic imine (C=N–C) groups is 1. The molecule has 4 rings (SSSR count). The van der Waals surface area contributed by atoms with E-state index in [1.54, 1.807) is 0 Å². The number of benzene rings is 1. The van der Waals surface area contributed by atoms with Crippen molar-refractivity contribution < 1.29 is 4.74 Å². The average Bonchev–Trinajstić information content (AvgIpc) is 3.34. The first-order chi connectivity index (χ1) is 13.1. The van der Waals surface area contributed by atoms with Crippen molar-refractivity contribution >= 4 is 5.96 Å². The van der Waals surface area contributed by atoms with Crippen LogP contribution in [0.1, 0.15) is 44.2 Å². The molecule has 5 heteroatoms. The van der Waals surface area contributed by atoms with Crippen molar-refractivity contribution in [1.82, 2.24) is 15.5 Å². The van der Waals surface area contributed by atoms with Gasteiger partial charge in [-0.2, -0.15) is 0 Å². The molecule has 3 aliphatic rings. The molecule has 1 saturated carbocycles. The Balaban J connectivity index is 1.28. The fourth-order valence-corrected chi connectivity index (χ4v) is 5.11. The molecule has 3 unspecified atom stereocenters. The number of nitrogens with one attached hydrogen (secondary N) is 2. The zero-order valence-corrected chi connectivity index (χ0v) is 17.0. The lowest BCUT2D eigenvalue weighted by molar-refractivity contribution is -0.106. The summed E-state index contributed by atoms with van der Waals surface area (Å²) in [4.78, 5) is 6.98. The highest BCUT2D eigenvalue weighted by atomic mass is 16.5. The molecule has 0 radical (unpaired) electrons. The van der Waals surface area contributed by atoms with Crippen molar-refractivity contribution in [3.05, 3.63) is 35.4 Å². The second kappa shape index (κ2) is 7.80. The van der Waals surface area contributed by atoms with E-state index >= 15 is 0 Å². The van der Waals surface area contributed by atoms with Gasteiger partial charge in [-0.1, -0.05) is 38.1 Å². The molecular weight excluding hydrogens is 336 g/mol. The maximum atomic E-state index is 5.90. The SMILES string of the molecule is CN=C(NCc1ccc(CN2CCCC2)cc1)NC1C2CCOC2C1(C)C. The Morgan fingerprint density at radius 3 is 2.59 bits per heavy atom. The summed E-state index contributed by atoms with van der Waals surface area (Å²) in [6.07, 6.45) is 4.25. The largest absolute Gasteiger partial charge is 0.377 e. The molecule has 2 N–H and O–H groups in total. The zero-order valence-electron chi connectivity index (χ0n) is 17.0. The van der Waals surface area contributed by atoms with Gasteiger partial charge in [0.2, 0.25) is 0 Å². The van der Waals surface area contributed by atoms with Crippen LogP contribution in [-0.2, 0) is 17.8 Å². The van der Waals surface area contributed by atoms with Crippen LogP contribution in [0.2, 0.25) is 0 Å². The van der Waals surface area contributed by atoms with Gasteiger partial charge in [-0.3, -0.25) is 9.89 Å². The first-order valence-electron chi connectivity index (χ1n) is 10.5. The van der Waals surface area contributed by atoms with E-state index in [4.69, 9.17) is 4.74 Å². The van der Waals surface area contributed by atoms with E-state index in [9.17, 15) is 0 Å². The van der Waals surface area contributed by atoms with Crippen molar-refractivity contribution in [2.45, 2.75) is 58.3 Å². The second-order valence-electron chi connectivity index (χ2n) is 8.91. The summed E-state index contributed by atoms with van der Waals surface area (Å²) in [6, 6.07) is 9.43. The molecule has 1 aromatic rings. The normalized spacial score (nSPS) is 30.0. The maximum Gasteiger partial charge on any atom is 0.191 e. The minimum atomic E-state index is 0.163. The third kappa shape index (κ3) is 3.85. The highest BCUT2D eigenvalue weighted by Crippen LogP contribution is 2.52. The van der Waals surface area contributed by atoms with Gasteiger partial charge in [-0.15, -0.1) is 0 Å². The predicted molar refractivity (Wildman–Crippen MR) is 110 cm³/mol. The average molecular weight is 371 g/mol. The lowest BCUT2D eigenvalue weighted by atomic mass is 9.57. The molecule has 27 heavy (non-hydrogen) atoms. The Morgan fingerprint density at radius 2 is 1.89 bits per heavy atom. The standard InChI is InChI=1S/C22H34N4O/c1-22(2)19(18-10-13-27-20(18)22)25-21(23-3)24-14-16-6-8-17(9-7-16)15-26-11-4-5-12-26/h6-9,18-20H,4-5,10-15H2,1-3H3,(H2,23,24,25). The Bertz CT molecular complexity index is 663. The van der Waals surface area contributed by atoms with Crippen LogP contribution in [-0.4, -0.2) is 49.7 Å². The monoisotopic (exact) mass is 370 g/mol. The van der Waals surface area contributed by atoms with Gasteiger partial charge in [0.25, 0.3) is 0 Å². The number of nitrogens with zero attached hydrogens (tertiary/aromatic N) is 2. The Labute approximate surface area is 163 Å². The van der Waals surface area contributed by atoms with Crippen LogP contribution in [0.5, 0.6) is 0 Å². The molecule has 2 heterocycles. The van der Waals surface area contributed by atoms with E-state index in [0.717, 1.165) is 32.1 Å². The minimum Gasteiger partial charge on any atom is -0.377 e. The number of guanidine groups is 1. The van der Waals surface area contributed by atoms with Crippen LogP contribution in [0, 0.1) is 11.3 Å². The minimum absolute atomic E-state index is 0.163. The quantitative estimate of drug-likeness (QED) is 0.618. The lowest BCUT2D eigenvalue weighted by Gasteiger charge is -2.54. The third-order valence-corrected chi connectivity index (χ3v) is 6.70. The summed E-state index contributed by atoms with van der Waals surface area (Å²) >= 11 is 0. The van der Waals surface area contributed by atoms with Gasteiger partial charge in [-0.25, -0.2) is 0 Å². The Hall–Kier alpha value is -1.59. The molecule has 5 nitrogen and oxygen atoms in total. The van der Waals surface area contributed by atoms with Crippen molar-refractivity contribution in [2.75, 3.05) is 26.7 Å². The lowest BCUT2D eigenvalue weighted by Crippen LogP contribution is -2.67. The number of likely N-dealkylation sites (tertiary alicyclic amines) is 1. The number of ether oxygens (including phenoxy) is 1. The molecule has 3 fully saturated rings. The first-order valence-corrected chi connectivity index (χ1v) is 10.5. The number of hydrogen-bond acceptors (Lipinski definition) is 3. The molecule has 2 saturated heterocycles. The van der Waals surface area contributed by atoms with Crippen LogP contribution in [0.25, 0.3) is 0 Å². The van der Waals surface area contributed by atoms with E-state index in [-0.39, 0.29) is 5.41 Å². The van der Waals surface area contributed by atoms with Gasteiger partial charge >= 0.3 is 0 Å². The maximum absolute atomic E-state index is 5.90. The topological polar surface area (TPSA) is 48.9 Å². The highest BCUT2D eigenvalue weighted by Gasteiger charge is 2.59. The molecular formula is C22H34N4O. The molecule has 2 aliphatic heterocycles. The van der Waals surface area contributed by atoms with Crippen LogP contribution >= 0.6 is 0 Å². The molecule has 0 amide bonds. The van der Waals surface area contributed by atoms with Gasteiger partial charge in [0, 0.05) is 44.1 Å². The predicted octanol–water partition coefficient (Wildman–Crippen LogP) is 2.76. The number of hydrogen-bond donors (Lipinski definition) is 2. The fourth-order valence-electron chi connectivity index (χ4n) is 5.11. The first kappa shape index (κ1) is 18.8. The zero-order chi connectivity index (χ0) is 18.9. The van der Waals surface area contributed by atoms with Crippen molar-refractivity contribution in [2.24, 2.45) is 16.3 Å². The number of rotatable bonds is 5. The van der Waals surface area contributed by atoms with E-state index < -0.39 is 0 Å². The van der Waals surface area contributed by atoms with Gasteiger partial charge < -0.3 is 15.4 Å². The van der Waals surface area contributed by atoms with E-state index in [0.29, 0.717) is 18.1 Å². The summed E-state index contributed by atoms with van der Waals surface area (Å²) < 4.78 is 5.90. The van der Waals surface area contributed by atoms with E-state index in [1.807, 2.05) is 7.05 Å². The highest BCUT2D eigenvalue weighted by molar-refractivity contribution is 5.80. The van der Waals surface area contributed by atoms with Crippen molar-refractivity contribution in [3.63, 3.8) is 0 Å². The smallest absolute Gasteiger partial charge is 0.191 e. The molecule has 1 aromatic carbocycles. The van der Waals surface area contributed by atoms with Gasteiger partial charge in [-0.05, 0) is 43.5 Å². The number of fused-ring (bicyclic) bond motifs is 1. The molecule has 3 atom stereocenters.